The highest BCUT2D eigenvalue weighted by atomic mass is 32.2. The van der Waals surface area contributed by atoms with Crippen LogP contribution in [-0.4, -0.2) is 97.6 Å². The first-order chi connectivity index (χ1) is 20.5. The second-order valence-electron chi connectivity index (χ2n) is 10.5. The summed E-state index contributed by atoms with van der Waals surface area (Å²) in [5.41, 5.74) is 1.95. The molecule has 13 nitrogen and oxygen atoms in total. The predicted octanol–water partition coefficient (Wildman–Crippen LogP) is 3.07. The van der Waals surface area contributed by atoms with Gasteiger partial charge in [-0.3, -0.25) is 9.59 Å². The number of para-hydroxylation sites is 1. The van der Waals surface area contributed by atoms with Crippen LogP contribution in [0.5, 0.6) is 5.75 Å². The molecule has 0 unspecified atom stereocenters. The molecule has 3 aromatic rings. The average molecular weight is 611 g/mol. The first kappa shape index (κ1) is 31.5. The summed E-state index contributed by atoms with van der Waals surface area (Å²) < 4.78 is 31.3. The van der Waals surface area contributed by atoms with Gasteiger partial charge in [0.25, 0.3) is 0 Å². The van der Waals surface area contributed by atoms with Crippen LogP contribution in [0.1, 0.15) is 26.7 Å². The van der Waals surface area contributed by atoms with E-state index in [1.54, 1.807) is 64.2 Å². The molecule has 1 aromatic heterocycles. The predicted molar refractivity (Wildman–Crippen MR) is 165 cm³/mol. The quantitative estimate of drug-likeness (QED) is 0.330. The minimum Gasteiger partial charge on any atom is -0.494 e. The van der Waals surface area contributed by atoms with E-state index in [0.717, 1.165) is 5.69 Å². The van der Waals surface area contributed by atoms with Gasteiger partial charge >= 0.3 is 0 Å². The Morgan fingerprint density at radius 1 is 0.953 bits per heavy atom. The largest absolute Gasteiger partial charge is 0.494 e. The number of ether oxygens (including phenoxy) is 1. The average Bonchev–Trinajstić information content (AvgIpc) is 3.00. The normalized spacial score (nSPS) is 13.5. The molecule has 0 saturated carbocycles. The van der Waals surface area contributed by atoms with Gasteiger partial charge in [-0.1, -0.05) is 12.1 Å². The maximum Gasteiger partial charge on any atom is 0.232 e. The molecule has 230 valence electrons. The van der Waals surface area contributed by atoms with Crippen LogP contribution in [0, 0.1) is 0 Å². The van der Waals surface area contributed by atoms with E-state index in [4.69, 9.17) is 4.74 Å². The number of hydrogen-bond acceptors (Lipinski definition) is 11. The molecule has 1 aliphatic heterocycles. The number of anilines is 5. The molecule has 2 N–H and O–H groups in total. The number of benzene rings is 2. The number of piperazine rings is 1. The molecule has 2 amide bonds. The molecule has 1 fully saturated rings. The molecular weight excluding hydrogens is 572 g/mol. The zero-order valence-electron chi connectivity index (χ0n) is 25.1. The summed E-state index contributed by atoms with van der Waals surface area (Å²) in [5.74, 6) is 0.926. The van der Waals surface area contributed by atoms with Crippen molar-refractivity contribution in [3.8, 4) is 5.75 Å². The molecule has 0 aliphatic carbocycles. The van der Waals surface area contributed by atoms with Crippen LogP contribution >= 0.6 is 0 Å². The first-order valence-corrected chi connectivity index (χ1v) is 15.5. The van der Waals surface area contributed by atoms with Gasteiger partial charge in [-0.2, -0.15) is 4.98 Å². The Bertz CT molecular complexity index is 1560. The van der Waals surface area contributed by atoms with Gasteiger partial charge in [-0.05, 0) is 38.1 Å². The topological polar surface area (TPSA) is 150 Å². The standard InChI is InChI=1S/C29H38N8O5S/c1-20(2)43(40,41)25-9-7-6-8-23(25)33-29-31-19-30-28(34-29)32-22-11-10-21(18-24(22)42-5)36-14-16-37(17-15-36)27(39)13-12-26(38)35(3)4/h6-11,18-20H,12-17H2,1-5H3,(H2,30,31,32,33,34). The lowest BCUT2D eigenvalue weighted by molar-refractivity contribution is -0.136. The molecule has 0 radical (unpaired) electrons. The van der Waals surface area contributed by atoms with Crippen molar-refractivity contribution in [3.05, 3.63) is 48.8 Å². The summed E-state index contributed by atoms with van der Waals surface area (Å²) in [4.78, 5) is 42.8. The van der Waals surface area contributed by atoms with Gasteiger partial charge in [0, 0.05) is 64.9 Å². The molecule has 2 aromatic carbocycles. The van der Waals surface area contributed by atoms with E-state index in [2.05, 4.69) is 30.5 Å². The van der Waals surface area contributed by atoms with Crippen molar-refractivity contribution in [3.63, 3.8) is 0 Å². The lowest BCUT2D eigenvalue weighted by atomic mass is 10.2. The van der Waals surface area contributed by atoms with Crippen molar-refractivity contribution in [2.45, 2.75) is 36.8 Å². The highest BCUT2D eigenvalue weighted by molar-refractivity contribution is 7.92. The molecule has 2 heterocycles. The van der Waals surface area contributed by atoms with Crippen molar-refractivity contribution in [1.29, 1.82) is 0 Å². The van der Waals surface area contributed by atoms with Crippen molar-refractivity contribution < 1.29 is 22.7 Å². The molecule has 0 atom stereocenters. The van der Waals surface area contributed by atoms with Gasteiger partial charge in [-0.15, -0.1) is 0 Å². The third kappa shape index (κ3) is 7.69. The van der Waals surface area contributed by atoms with E-state index in [0.29, 0.717) is 43.3 Å². The molecular formula is C29H38N8O5S. The summed E-state index contributed by atoms with van der Waals surface area (Å²) in [6.45, 7) is 5.71. The third-order valence-electron chi connectivity index (χ3n) is 7.11. The summed E-state index contributed by atoms with van der Waals surface area (Å²) in [6, 6.07) is 12.3. The molecule has 14 heteroatoms. The van der Waals surface area contributed by atoms with Gasteiger partial charge in [0.15, 0.2) is 9.84 Å². The zero-order chi connectivity index (χ0) is 31.1. The van der Waals surface area contributed by atoms with Crippen LogP contribution in [0.4, 0.5) is 29.0 Å². The number of nitrogens with zero attached hydrogens (tertiary/aromatic N) is 6. The van der Waals surface area contributed by atoms with Gasteiger partial charge in [0.05, 0.1) is 28.6 Å². The van der Waals surface area contributed by atoms with E-state index in [-0.39, 0.29) is 41.4 Å². The number of carbonyl (C=O) groups excluding carboxylic acids is 2. The zero-order valence-corrected chi connectivity index (χ0v) is 25.9. The monoisotopic (exact) mass is 610 g/mol. The van der Waals surface area contributed by atoms with Crippen molar-refractivity contribution in [1.82, 2.24) is 24.8 Å². The Labute approximate surface area is 252 Å². The molecule has 43 heavy (non-hydrogen) atoms. The summed E-state index contributed by atoms with van der Waals surface area (Å²) >= 11 is 0. The van der Waals surface area contributed by atoms with E-state index in [1.165, 1.54) is 11.2 Å². The summed E-state index contributed by atoms with van der Waals surface area (Å²) in [7, 11) is 1.41. The fourth-order valence-electron chi connectivity index (χ4n) is 4.52. The lowest BCUT2D eigenvalue weighted by Crippen LogP contribution is -2.49. The van der Waals surface area contributed by atoms with E-state index in [1.807, 2.05) is 18.2 Å². The van der Waals surface area contributed by atoms with Gasteiger partial charge < -0.3 is 30.1 Å². The highest BCUT2D eigenvalue weighted by Crippen LogP contribution is 2.32. The maximum atomic E-state index is 12.8. The fourth-order valence-corrected chi connectivity index (χ4v) is 5.72. The smallest absolute Gasteiger partial charge is 0.232 e. The maximum absolute atomic E-state index is 12.8. The third-order valence-corrected chi connectivity index (χ3v) is 9.32. The van der Waals surface area contributed by atoms with Crippen LogP contribution < -0.4 is 20.3 Å². The SMILES string of the molecule is COc1cc(N2CCN(C(=O)CCC(=O)N(C)C)CC2)ccc1Nc1ncnc(Nc2ccccc2S(=O)(=O)C(C)C)n1. The molecule has 1 aliphatic rings. The van der Waals surface area contributed by atoms with Crippen LogP contribution in [0.25, 0.3) is 0 Å². The minimum absolute atomic E-state index is 0.0109. The summed E-state index contributed by atoms with van der Waals surface area (Å²) in [6.07, 6.45) is 1.75. The number of hydrogen-bond donors (Lipinski definition) is 2. The Morgan fingerprint density at radius 3 is 2.23 bits per heavy atom. The Kier molecular flexibility index (Phi) is 10.0. The van der Waals surface area contributed by atoms with Crippen LogP contribution in [-0.2, 0) is 19.4 Å². The van der Waals surface area contributed by atoms with E-state index >= 15 is 0 Å². The van der Waals surface area contributed by atoms with E-state index < -0.39 is 15.1 Å². The van der Waals surface area contributed by atoms with Gasteiger partial charge in [-0.25, -0.2) is 18.4 Å². The Hall–Kier alpha value is -4.46. The minimum atomic E-state index is -3.53. The van der Waals surface area contributed by atoms with Crippen LogP contribution in [0.15, 0.2) is 53.7 Å². The Morgan fingerprint density at radius 2 is 1.60 bits per heavy atom. The van der Waals surface area contributed by atoms with E-state index in [9.17, 15) is 18.0 Å². The first-order valence-electron chi connectivity index (χ1n) is 14.0. The number of carbonyl (C=O) groups is 2. The number of sulfone groups is 1. The number of nitrogens with one attached hydrogen (secondary N) is 2. The molecule has 1 saturated heterocycles. The molecule has 0 spiro atoms. The van der Waals surface area contributed by atoms with Gasteiger partial charge in [0.2, 0.25) is 23.7 Å². The summed E-state index contributed by atoms with van der Waals surface area (Å²) in [5, 5.41) is 5.57. The molecule has 4 rings (SSSR count). The number of amides is 2. The van der Waals surface area contributed by atoms with Crippen molar-refractivity contribution in [2.24, 2.45) is 0 Å². The number of methoxy groups -OCH3 is 1. The Balaban J connectivity index is 1.41. The lowest BCUT2D eigenvalue weighted by Gasteiger charge is -2.36. The van der Waals surface area contributed by atoms with Crippen LogP contribution in [0.2, 0.25) is 0 Å². The van der Waals surface area contributed by atoms with Gasteiger partial charge in [0.1, 0.15) is 12.1 Å². The van der Waals surface area contributed by atoms with Crippen LogP contribution in [0.3, 0.4) is 0 Å². The van der Waals surface area contributed by atoms with Crippen molar-refractivity contribution >= 4 is 50.6 Å². The van der Waals surface area contributed by atoms with Crippen molar-refractivity contribution in [2.75, 3.05) is 62.9 Å². The number of aromatic nitrogens is 3. The highest BCUT2D eigenvalue weighted by Gasteiger charge is 2.24. The second kappa shape index (κ2) is 13.7. The number of rotatable bonds is 11. The molecule has 0 bridgehead atoms. The second-order valence-corrected chi connectivity index (χ2v) is 13.0. The fraction of sp³-hybridized carbons (Fsp3) is 0.414.